The van der Waals surface area contributed by atoms with Crippen molar-refractivity contribution in [1.82, 2.24) is 20.0 Å². The molecule has 0 amide bonds. The van der Waals surface area contributed by atoms with E-state index in [4.69, 9.17) is 9.47 Å². The Bertz CT molecular complexity index is 709. The number of piperazine rings is 2. The van der Waals surface area contributed by atoms with Gasteiger partial charge in [-0.3, -0.25) is 4.79 Å². The third-order valence-corrected chi connectivity index (χ3v) is 9.24. The lowest BCUT2D eigenvalue weighted by atomic mass is 10.1. The molecule has 1 N–H and O–H groups in total. The molecule has 2 aliphatic heterocycles. The first-order chi connectivity index (χ1) is 23.4. The maximum Gasteiger partial charge on any atom is 0.330 e. The Morgan fingerprint density at radius 1 is 0.583 bits per heavy atom. The van der Waals surface area contributed by atoms with Gasteiger partial charge in [0, 0.05) is 65.0 Å². The quantitative estimate of drug-likeness (QED) is 0.0557. The van der Waals surface area contributed by atoms with E-state index >= 15 is 0 Å². The Labute approximate surface area is 298 Å². The molecule has 0 aromatic heterocycles. The highest BCUT2D eigenvalue weighted by Crippen LogP contribution is 2.12. The van der Waals surface area contributed by atoms with E-state index in [1.54, 1.807) is 0 Å². The molecule has 0 unspecified atom stereocenters. The average molecular weight is 681 g/mol. The standard InChI is InChI=1S/C20H40N2O2.C15H28O2.C5H12N2/c1-3-4-5-6-7-8-9-10-11-12-19-24-20(23)13-14-22-17-15-21(2)16-18-22;1-3-5-6-7-8-9-10-11-12-13-14-17-15(16)4-2;1-7-4-2-6-3-5-7/h3-19H2,1-2H3;4H,2-3,5-14H2,1H3;6H,2-5H2,1H3. The van der Waals surface area contributed by atoms with Crippen LogP contribution >= 0.6 is 0 Å². The van der Waals surface area contributed by atoms with E-state index in [0.717, 1.165) is 58.7 Å². The van der Waals surface area contributed by atoms with Crippen molar-refractivity contribution in [3.8, 4) is 0 Å². The maximum absolute atomic E-state index is 11.8. The number of hydrogen-bond acceptors (Lipinski definition) is 8. The molecule has 8 nitrogen and oxygen atoms in total. The van der Waals surface area contributed by atoms with Crippen LogP contribution in [0.15, 0.2) is 12.7 Å². The van der Waals surface area contributed by atoms with Crippen LogP contribution in [0.1, 0.15) is 149 Å². The molecule has 2 aliphatic rings. The average Bonchev–Trinajstić information content (AvgIpc) is 3.10. The first-order valence-corrected chi connectivity index (χ1v) is 20.2. The summed E-state index contributed by atoms with van der Waals surface area (Å²) in [6.45, 7) is 19.0. The predicted molar refractivity (Wildman–Crippen MR) is 205 cm³/mol. The Balaban J connectivity index is 0.000000793. The minimum atomic E-state index is -0.305. The third-order valence-electron chi connectivity index (χ3n) is 9.24. The molecular formula is C40H80N4O4. The summed E-state index contributed by atoms with van der Waals surface area (Å²) in [6, 6.07) is 0. The first-order valence-electron chi connectivity index (χ1n) is 20.2. The van der Waals surface area contributed by atoms with Gasteiger partial charge in [-0.05, 0) is 26.9 Å². The normalized spacial score (nSPS) is 15.5. The summed E-state index contributed by atoms with van der Waals surface area (Å²) >= 11 is 0. The van der Waals surface area contributed by atoms with Gasteiger partial charge in [0.15, 0.2) is 0 Å². The van der Waals surface area contributed by atoms with Gasteiger partial charge in [0.05, 0.1) is 19.6 Å². The number of ether oxygens (including phenoxy) is 2. The van der Waals surface area contributed by atoms with Gasteiger partial charge < -0.3 is 29.5 Å². The van der Waals surface area contributed by atoms with E-state index in [1.807, 2.05) is 0 Å². The number of esters is 2. The van der Waals surface area contributed by atoms with Crippen molar-refractivity contribution in [3.05, 3.63) is 12.7 Å². The number of rotatable bonds is 26. The van der Waals surface area contributed by atoms with E-state index in [9.17, 15) is 9.59 Å². The van der Waals surface area contributed by atoms with Crippen LogP contribution in [0.25, 0.3) is 0 Å². The van der Waals surface area contributed by atoms with Crippen molar-refractivity contribution >= 4 is 11.9 Å². The lowest BCUT2D eigenvalue weighted by Gasteiger charge is -2.31. The van der Waals surface area contributed by atoms with Crippen LogP contribution in [-0.4, -0.2) is 113 Å². The third kappa shape index (κ3) is 34.4. The summed E-state index contributed by atoms with van der Waals surface area (Å²) < 4.78 is 10.3. The lowest BCUT2D eigenvalue weighted by Crippen LogP contribution is -2.45. The van der Waals surface area contributed by atoms with Crippen molar-refractivity contribution < 1.29 is 19.1 Å². The Morgan fingerprint density at radius 2 is 0.979 bits per heavy atom. The molecule has 8 heteroatoms. The molecule has 0 atom stereocenters. The molecule has 2 heterocycles. The number of carbonyl (C=O) groups excluding carboxylic acids is 2. The molecule has 0 aromatic carbocycles. The monoisotopic (exact) mass is 681 g/mol. The van der Waals surface area contributed by atoms with Crippen LogP contribution in [0.4, 0.5) is 0 Å². The second-order valence-corrected chi connectivity index (χ2v) is 13.9. The second-order valence-electron chi connectivity index (χ2n) is 13.9. The lowest BCUT2D eigenvalue weighted by molar-refractivity contribution is -0.144. The number of likely N-dealkylation sites (N-methyl/N-ethyl adjacent to an activating group) is 2. The summed E-state index contributed by atoms with van der Waals surface area (Å²) in [5.74, 6) is -0.328. The van der Waals surface area contributed by atoms with Crippen molar-refractivity contribution in [2.75, 3.05) is 86.2 Å². The van der Waals surface area contributed by atoms with Crippen LogP contribution in [0, 0.1) is 0 Å². The SMILES string of the molecule is C=CC(=O)OCCCCCCCCCCCC.CCCCCCCCCCCCOC(=O)CCN1CCN(C)CC1.CN1CCNCC1. The van der Waals surface area contributed by atoms with Gasteiger partial charge in [-0.15, -0.1) is 0 Å². The Kier molecular flexibility index (Phi) is 35.7. The molecule has 0 saturated carbocycles. The fourth-order valence-electron chi connectivity index (χ4n) is 5.77. The summed E-state index contributed by atoms with van der Waals surface area (Å²) in [7, 11) is 4.30. The molecular weight excluding hydrogens is 600 g/mol. The topological polar surface area (TPSA) is 74.4 Å². The van der Waals surface area contributed by atoms with Gasteiger partial charge in [0.2, 0.25) is 0 Å². The van der Waals surface area contributed by atoms with Crippen molar-refractivity contribution in [1.29, 1.82) is 0 Å². The molecule has 0 spiro atoms. The van der Waals surface area contributed by atoms with Crippen LogP contribution in [0.3, 0.4) is 0 Å². The number of nitrogens with zero attached hydrogens (tertiary/aromatic N) is 3. The zero-order chi connectivity index (χ0) is 35.3. The highest BCUT2D eigenvalue weighted by atomic mass is 16.5. The van der Waals surface area contributed by atoms with Crippen molar-refractivity contribution in [3.63, 3.8) is 0 Å². The smallest absolute Gasteiger partial charge is 0.330 e. The van der Waals surface area contributed by atoms with Crippen LogP contribution in [-0.2, 0) is 19.1 Å². The molecule has 48 heavy (non-hydrogen) atoms. The van der Waals surface area contributed by atoms with E-state index < -0.39 is 0 Å². The number of unbranched alkanes of at least 4 members (excludes halogenated alkanes) is 18. The first kappa shape index (κ1) is 46.5. The maximum atomic E-state index is 11.8. The molecule has 0 bridgehead atoms. The van der Waals surface area contributed by atoms with Crippen LogP contribution in [0.2, 0.25) is 0 Å². The molecule has 2 fully saturated rings. The zero-order valence-electron chi connectivity index (χ0n) is 32.4. The van der Waals surface area contributed by atoms with Crippen molar-refractivity contribution in [2.24, 2.45) is 0 Å². The Hall–Kier alpha value is -1.48. The van der Waals surface area contributed by atoms with Crippen LogP contribution in [0.5, 0.6) is 0 Å². The molecule has 284 valence electrons. The van der Waals surface area contributed by atoms with Gasteiger partial charge in [-0.2, -0.15) is 0 Å². The number of carbonyl (C=O) groups is 2. The van der Waals surface area contributed by atoms with Crippen LogP contribution < -0.4 is 5.32 Å². The largest absolute Gasteiger partial charge is 0.466 e. The number of hydrogen-bond donors (Lipinski definition) is 1. The summed E-state index contributed by atoms with van der Waals surface area (Å²) in [4.78, 5) is 29.5. The molecule has 2 saturated heterocycles. The molecule has 0 aliphatic carbocycles. The second kappa shape index (κ2) is 36.8. The molecule has 0 aromatic rings. The minimum Gasteiger partial charge on any atom is -0.466 e. The van der Waals surface area contributed by atoms with E-state index in [-0.39, 0.29) is 11.9 Å². The minimum absolute atomic E-state index is 0.0233. The van der Waals surface area contributed by atoms with Crippen molar-refractivity contribution in [2.45, 2.75) is 149 Å². The summed E-state index contributed by atoms with van der Waals surface area (Å²) in [5, 5.41) is 3.27. The summed E-state index contributed by atoms with van der Waals surface area (Å²) in [6.07, 6.45) is 27.8. The van der Waals surface area contributed by atoms with Gasteiger partial charge in [-0.25, -0.2) is 4.79 Å². The zero-order valence-corrected chi connectivity index (χ0v) is 32.4. The predicted octanol–water partition coefficient (Wildman–Crippen LogP) is 8.25. The highest BCUT2D eigenvalue weighted by molar-refractivity contribution is 5.81. The van der Waals surface area contributed by atoms with Gasteiger partial charge in [-0.1, -0.05) is 136 Å². The number of nitrogens with one attached hydrogen (secondary N) is 1. The fraction of sp³-hybridized carbons (Fsp3) is 0.900. The summed E-state index contributed by atoms with van der Waals surface area (Å²) in [5.41, 5.74) is 0. The molecule has 2 rings (SSSR count). The van der Waals surface area contributed by atoms with E-state index in [2.05, 4.69) is 54.5 Å². The van der Waals surface area contributed by atoms with Gasteiger partial charge in [0.25, 0.3) is 0 Å². The Morgan fingerprint density at radius 3 is 1.38 bits per heavy atom. The fourth-order valence-corrected chi connectivity index (χ4v) is 5.77. The van der Waals surface area contributed by atoms with E-state index in [1.165, 1.54) is 135 Å². The van der Waals surface area contributed by atoms with E-state index in [0.29, 0.717) is 19.6 Å². The van der Waals surface area contributed by atoms with Gasteiger partial charge >= 0.3 is 11.9 Å². The highest BCUT2D eigenvalue weighted by Gasteiger charge is 2.15. The van der Waals surface area contributed by atoms with Gasteiger partial charge in [0.1, 0.15) is 0 Å². The molecule has 0 radical (unpaired) electrons.